The summed E-state index contributed by atoms with van der Waals surface area (Å²) in [4.78, 5) is 19.8. The van der Waals surface area contributed by atoms with Gasteiger partial charge in [0.25, 0.3) is 0 Å². The standard InChI is InChI=1S/C12H7N5O/c1-2-9-11(13-3-1)17-12(18-9)7-4-8-10(14-5-7)16-6-15-8/h1-6H,(H,14,15,16). The van der Waals surface area contributed by atoms with Crippen LogP contribution in [0.4, 0.5) is 0 Å². The number of nitrogens with zero attached hydrogens (tertiary/aromatic N) is 4. The summed E-state index contributed by atoms with van der Waals surface area (Å²) in [6, 6.07) is 5.55. The van der Waals surface area contributed by atoms with Crippen LogP contribution in [0.25, 0.3) is 33.8 Å². The smallest absolute Gasteiger partial charge is 0.230 e. The van der Waals surface area contributed by atoms with Crippen molar-refractivity contribution in [3.63, 3.8) is 0 Å². The fourth-order valence-electron chi connectivity index (χ4n) is 1.84. The number of hydrogen-bond acceptors (Lipinski definition) is 5. The molecule has 0 radical (unpaired) electrons. The van der Waals surface area contributed by atoms with E-state index >= 15 is 0 Å². The maximum atomic E-state index is 5.63. The number of aromatic amines is 1. The topological polar surface area (TPSA) is 80.5 Å². The Bertz CT molecular complexity index is 815. The van der Waals surface area contributed by atoms with Gasteiger partial charge in [-0.25, -0.2) is 15.0 Å². The fourth-order valence-corrected chi connectivity index (χ4v) is 1.84. The van der Waals surface area contributed by atoms with Gasteiger partial charge in [-0.05, 0) is 18.2 Å². The van der Waals surface area contributed by atoms with Gasteiger partial charge in [-0.15, -0.1) is 0 Å². The maximum Gasteiger partial charge on any atom is 0.230 e. The molecule has 4 heterocycles. The van der Waals surface area contributed by atoms with Gasteiger partial charge in [0.2, 0.25) is 5.89 Å². The monoisotopic (exact) mass is 237 g/mol. The minimum atomic E-state index is 0.507. The Balaban J connectivity index is 1.94. The molecule has 0 amide bonds. The van der Waals surface area contributed by atoms with Gasteiger partial charge >= 0.3 is 0 Å². The molecule has 4 aromatic rings. The summed E-state index contributed by atoms with van der Waals surface area (Å²) in [7, 11) is 0. The summed E-state index contributed by atoms with van der Waals surface area (Å²) in [5.41, 5.74) is 3.58. The highest BCUT2D eigenvalue weighted by Gasteiger charge is 2.10. The van der Waals surface area contributed by atoms with E-state index < -0.39 is 0 Å². The van der Waals surface area contributed by atoms with E-state index in [4.69, 9.17) is 4.42 Å². The third-order valence-electron chi connectivity index (χ3n) is 2.69. The normalized spacial score (nSPS) is 11.3. The van der Waals surface area contributed by atoms with Gasteiger partial charge < -0.3 is 9.40 Å². The van der Waals surface area contributed by atoms with Gasteiger partial charge in [-0.1, -0.05) is 0 Å². The molecule has 0 saturated carbocycles. The Morgan fingerprint density at radius 2 is 2.11 bits per heavy atom. The molecular weight excluding hydrogens is 230 g/mol. The van der Waals surface area contributed by atoms with Crippen LogP contribution in [0.15, 0.2) is 41.3 Å². The number of rotatable bonds is 1. The number of oxazole rings is 1. The van der Waals surface area contributed by atoms with E-state index in [1.54, 1.807) is 18.7 Å². The molecule has 0 aliphatic heterocycles. The minimum absolute atomic E-state index is 0.507. The van der Waals surface area contributed by atoms with Crippen LogP contribution < -0.4 is 0 Å². The summed E-state index contributed by atoms with van der Waals surface area (Å²) in [5, 5.41) is 0. The quantitative estimate of drug-likeness (QED) is 0.548. The molecule has 0 aromatic carbocycles. The fraction of sp³-hybridized carbons (Fsp3) is 0. The van der Waals surface area contributed by atoms with Crippen LogP contribution in [0.3, 0.4) is 0 Å². The average Bonchev–Trinajstić information content (AvgIpc) is 3.04. The predicted molar refractivity (Wildman–Crippen MR) is 64.7 cm³/mol. The molecule has 0 spiro atoms. The van der Waals surface area contributed by atoms with Crippen molar-refractivity contribution in [1.29, 1.82) is 0 Å². The number of nitrogens with one attached hydrogen (secondary N) is 1. The Hall–Kier alpha value is -2.76. The third-order valence-corrected chi connectivity index (χ3v) is 2.69. The molecule has 0 atom stereocenters. The van der Waals surface area contributed by atoms with Crippen molar-refractivity contribution < 1.29 is 4.42 Å². The van der Waals surface area contributed by atoms with E-state index in [0.717, 1.165) is 11.1 Å². The molecule has 1 N–H and O–H groups in total. The first-order valence-corrected chi connectivity index (χ1v) is 5.41. The van der Waals surface area contributed by atoms with Crippen LogP contribution in [0.1, 0.15) is 0 Å². The second-order valence-electron chi connectivity index (χ2n) is 3.84. The van der Waals surface area contributed by atoms with E-state index in [2.05, 4.69) is 24.9 Å². The molecule has 4 rings (SSSR count). The number of fused-ring (bicyclic) bond motifs is 2. The van der Waals surface area contributed by atoms with Crippen molar-refractivity contribution in [2.75, 3.05) is 0 Å². The van der Waals surface area contributed by atoms with Gasteiger partial charge in [0.05, 0.1) is 17.4 Å². The molecule has 0 unspecified atom stereocenters. The zero-order chi connectivity index (χ0) is 11.9. The highest BCUT2D eigenvalue weighted by molar-refractivity contribution is 5.77. The number of hydrogen-bond donors (Lipinski definition) is 1. The Morgan fingerprint density at radius 1 is 1.11 bits per heavy atom. The highest BCUT2D eigenvalue weighted by Crippen LogP contribution is 2.23. The summed E-state index contributed by atoms with van der Waals surface area (Å²) in [6.07, 6.45) is 4.98. The zero-order valence-corrected chi connectivity index (χ0v) is 9.16. The van der Waals surface area contributed by atoms with Crippen molar-refractivity contribution in [2.24, 2.45) is 0 Å². The molecule has 6 heteroatoms. The van der Waals surface area contributed by atoms with Crippen molar-refractivity contribution >= 4 is 22.4 Å². The van der Waals surface area contributed by atoms with Crippen LogP contribution in [0.2, 0.25) is 0 Å². The Kier molecular flexibility index (Phi) is 1.74. The van der Waals surface area contributed by atoms with Crippen LogP contribution in [-0.2, 0) is 0 Å². The molecule has 0 bridgehead atoms. The van der Waals surface area contributed by atoms with Gasteiger partial charge in [0.1, 0.15) is 0 Å². The van der Waals surface area contributed by atoms with Crippen molar-refractivity contribution in [3.8, 4) is 11.5 Å². The first-order chi connectivity index (χ1) is 8.90. The summed E-state index contributed by atoms with van der Waals surface area (Å²) < 4.78 is 5.63. The lowest BCUT2D eigenvalue weighted by Gasteiger charge is -1.93. The van der Waals surface area contributed by atoms with Crippen LogP contribution in [0.5, 0.6) is 0 Å². The minimum Gasteiger partial charge on any atom is -0.434 e. The van der Waals surface area contributed by atoms with E-state index in [1.807, 2.05) is 18.2 Å². The van der Waals surface area contributed by atoms with Gasteiger partial charge in [-0.3, -0.25) is 0 Å². The molecule has 0 aliphatic carbocycles. The van der Waals surface area contributed by atoms with Crippen LogP contribution >= 0.6 is 0 Å². The molecule has 0 saturated heterocycles. The summed E-state index contributed by atoms with van der Waals surface area (Å²) >= 11 is 0. The average molecular weight is 237 g/mol. The second kappa shape index (κ2) is 3.36. The Morgan fingerprint density at radius 3 is 3.06 bits per heavy atom. The zero-order valence-electron chi connectivity index (χ0n) is 9.16. The SMILES string of the molecule is c1cnc2nc(-c3cnc4nc[nH]c4c3)oc2c1. The van der Waals surface area contributed by atoms with Crippen LogP contribution in [0, 0.1) is 0 Å². The Labute approximate surface area is 101 Å². The van der Waals surface area contributed by atoms with E-state index in [9.17, 15) is 0 Å². The van der Waals surface area contributed by atoms with E-state index in [0.29, 0.717) is 22.8 Å². The lowest BCUT2D eigenvalue weighted by molar-refractivity contribution is 0.619. The van der Waals surface area contributed by atoms with E-state index in [1.165, 1.54) is 0 Å². The lowest BCUT2D eigenvalue weighted by Crippen LogP contribution is -1.82. The summed E-state index contributed by atoms with van der Waals surface area (Å²) in [6.45, 7) is 0. The number of aromatic nitrogens is 5. The highest BCUT2D eigenvalue weighted by atomic mass is 16.3. The largest absolute Gasteiger partial charge is 0.434 e. The molecule has 0 aliphatic rings. The van der Waals surface area contributed by atoms with Crippen molar-refractivity contribution in [3.05, 3.63) is 36.9 Å². The van der Waals surface area contributed by atoms with Crippen molar-refractivity contribution in [2.45, 2.75) is 0 Å². The van der Waals surface area contributed by atoms with Crippen LogP contribution in [-0.4, -0.2) is 24.9 Å². The number of imidazole rings is 1. The molecule has 18 heavy (non-hydrogen) atoms. The first-order valence-electron chi connectivity index (χ1n) is 5.41. The molecule has 4 aromatic heterocycles. The first kappa shape index (κ1) is 9.29. The maximum absolute atomic E-state index is 5.63. The van der Waals surface area contributed by atoms with Crippen molar-refractivity contribution in [1.82, 2.24) is 24.9 Å². The second-order valence-corrected chi connectivity index (χ2v) is 3.84. The number of pyridine rings is 2. The molecular formula is C12H7N5O. The predicted octanol–water partition coefficient (Wildman–Crippen LogP) is 2.16. The molecule has 6 nitrogen and oxygen atoms in total. The summed E-state index contributed by atoms with van der Waals surface area (Å²) in [5.74, 6) is 0.507. The van der Waals surface area contributed by atoms with Gasteiger partial charge in [0, 0.05) is 12.4 Å². The molecule has 0 fully saturated rings. The third kappa shape index (κ3) is 1.29. The van der Waals surface area contributed by atoms with Gasteiger partial charge in [-0.2, -0.15) is 4.98 Å². The van der Waals surface area contributed by atoms with E-state index in [-0.39, 0.29) is 0 Å². The molecule has 86 valence electrons. The number of H-pyrrole nitrogens is 1. The lowest BCUT2D eigenvalue weighted by atomic mass is 10.3. The van der Waals surface area contributed by atoms with Gasteiger partial charge in [0.15, 0.2) is 16.9 Å².